The van der Waals surface area contributed by atoms with Crippen LogP contribution in [0.25, 0.3) is 0 Å². The van der Waals surface area contributed by atoms with Gasteiger partial charge in [-0.25, -0.2) is 0 Å². The summed E-state index contributed by atoms with van der Waals surface area (Å²) in [6.45, 7) is 1.69. The van der Waals surface area contributed by atoms with Gasteiger partial charge in [-0.2, -0.15) is 8.42 Å². The zero-order valence-corrected chi connectivity index (χ0v) is 12.8. The van der Waals surface area contributed by atoms with E-state index in [1.165, 1.54) is 17.9 Å². The molecule has 1 aliphatic heterocycles. The first-order valence-corrected chi connectivity index (χ1v) is 8.35. The minimum Gasteiger partial charge on any atom is -0.397 e. The maximum Gasteiger partial charge on any atom is 0.294 e. The van der Waals surface area contributed by atoms with Crippen LogP contribution in [0.15, 0.2) is 23.1 Å². The Kier molecular flexibility index (Phi) is 4.26. The minimum atomic E-state index is -4.37. The van der Waals surface area contributed by atoms with E-state index in [4.69, 9.17) is 10.3 Å². The normalized spacial score (nSPS) is 19.0. The molecule has 0 bridgehead atoms. The number of carbonyl (C=O) groups is 2. The van der Waals surface area contributed by atoms with Gasteiger partial charge in [0.1, 0.15) is 0 Å². The molecule has 1 amide bonds. The summed E-state index contributed by atoms with van der Waals surface area (Å²) < 4.78 is 31.4. The second-order valence-corrected chi connectivity index (χ2v) is 7.53. The quantitative estimate of drug-likeness (QED) is 0.624. The summed E-state index contributed by atoms with van der Waals surface area (Å²) in [5.41, 5.74) is 6.23. The van der Waals surface area contributed by atoms with Crippen molar-refractivity contribution in [3.8, 4) is 0 Å². The molecule has 9 heteroatoms. The summed E-state index contributed by atoms with van der Waals surface area (Å²) in [6.07, 6.45) is 0.180. The number of anilines is 2. The lowest BCUT2D eigenvalue weighted by atomic mass is 10.2. The third kappa shape index (κ3) is 3.55. The van der Waals surface area contributed by atoms with Crippen molar-refractivity contribution in [3.05, 3.63) is 18.2 Å². The van der Waals surface area contributed by atoms with Gasteiger partial charge in [-0.3, -0.25) is 14.1 Å². The fraction of sp³-hybridized carbons (Fsp3) is 0.333. The van der Waals surface area contributed by atoms with Gasteiger partial charge in [0.05, 0.1) is 16.3 Å². The van der Waals surface area contributed by atoms with Crippen LogP contribution in [-0.4, -0.2) is 35.8 Å². The Bertz CT molecular complexity index is 702. The second-order valence-electron chi connectivity index (χ2n) is 4.64. The van der Waals surface area contributed by atoms with E-state index in [1.54, 1.807) is 0 Å². The van der Waals surface area contributed by atoms with Crippen LogP contribution in [0.1, 0.15) is 13.3 Å². The number of benzene rings is 1. The van der Waals surface area contributed by atoms with Crippen molar-refractivity contribution in [1.29, 1.82) is 0 Å². The lowest BCUT2D eigenvalue weighted by Crippen LogP contribution is -2.26. The number of rotatable bonds is 3. The highest BCUT2D eigenvalue weighted by Crippen LogP contribution is 2.33. The van der Waals surface area contributed by atoms with E-state index in [0.29, 0.717) is 0 Å². The molecule has 7 nitrogen and oxygen atoms in total. The van der Waals surface area contributed by atoms with Crippen LogP contribution >= 0.6 is 11.8 Å². The van der Waals surface area contributed by atoms with E-state index < -0.39 is 10.1 Å². The van der Waals surface area contributed by atoms with Crippen molar-refractivity contribution >= 4 is 44.3 Å². The van der Waals surface area contributed by atoms with Gasteiger partial charge in [0.15, 0.2) is 5.12 Å². The molecular formula is C12H14N2O5S2. The van der Waals surface area contributed by atoms with Crippen molar-refractivity contribution < 1.29 is 22.6 Å². The summed E-state index contributed by atoms with van der Waals surface area (Å²) in [4.78, 5) is 24.1. The molecular weight excluding hydrogens is 316 g/mol. The maximum absolute atomic E-state index is 12.0. The zero-order valence-electron chi connectivity index (χ0n) is 11.1. The van der Waals surface area contributed by atoms with Gasteiger partial charge in [0, 0.05) is 25.1 Å². The van der Waals surface area contributed by atoms with E-state index in [0.717, 1.165) is 23.9 Å². The minimum absolute atomic E-state index is 0.0886. The molecule has 1 saturated heterocycles. The van der Waals surface area contributed by atoms with Crippen LogP contribution in [0, 0.1) is 0 Å². The van der Waals surface area contributed by atoms with Gasteiger partial charge in [-0.15, -0.1) is 0 Å². The highest BCUT2D eigenvalue weighted by Gasteiger charge is 2.33. The van der Waals surface area contributed by atoms with Crippen molar-refractivity contribution in [2.45, 2.75) is 23.5 Å². The maximum atomic E-state index is 12.0. The molecule has 3 N–H and O–H groups in total. The van der Waals surface area contributed by atoms with Crippen LogP contribution in [0.5, 0.6) is 0 Å². The van der Waals surface area contributed by atoms with Gasteiger partial charge in [-0.05, 0) is 18.2 Å². The topological polar surface area (TPSA) is 118 Å². The number of hydrogen-bond donors (Lipinski definition) is 2. The van der Waals surface area contributed by atoms with E-state index >= 15 is 0 Å². The predicted octanol–water partition coefficient (Wildman–Crippen LogP) is 0.901. The van der Waals surface area contributed by atoms with Gasteiger partial charge >= 0.3 is 0 Å². The number of amides is 1. The predicted molar refractivity (Wildman–Crippen MR) is 79.7 cm³/mol. The summed E-state index contributed by atoms with van der Waals surface area (Å²) in [7, 11) is -4.37. The average molecular weight is 330 g/mol. The lowest BCUT2D eigenvalue weighted by molar-refractivity contribution is -0.117. The molecule has 2 rings (SSSR count). The monoisotopic (exact) mass is 330 g/mol. The van der Waals surface area contributed by atoms with Gasteiger partial charge in [0.25, 0.3) is 10.1 Å². The summed E-state index contributed by atoms with van der Waals surface area (Å²) in [5, 5.41) is -0.280. The average Bonchev–Trinajstić information content (AvgIpc) is 2.68. The highest BCUT2D eigenvalue weighted by molar-refractivity contribution is 8.14. The van der Waals surface area contributed by atoms with Gasteiger partial charge < -0.3 is 10.6 Å². The molecule has 114 valence electrons. The molecule has 0 aliphatic carbocycles. The number of nitrogen functional groups attached to an aromatic ring is 1. The van der Waals surface area contributed by atoms with Gasteiger partial charge in [0.2, 0.25) is 5.91 Å². The molecule has 1 aromatic carbocycles. The van der Waals surface area contributed by atoms with Crippen LogP contribution in [0.2, 0.25) is 0 Å². The molecule has 0 saturated carbocycles. The molecule has 1 fully saturated rings. The molecule has 1 atom stereocenters. The number of carbonyl (C=O) groups excluding carboxylic acids is 2. The Hall–Kier alpha value is -1.58. The molecule has 1 heterocycles. The third-order valence-corrected chi connectivity index (χ3v) is 4.84. The van der Waals surface area contributed by atoms with Crippen LogP contribution in [-0.2, 0) is 19.7 Å². The first-order chi connectivity index (χ1) is 9.68. The van der Waals surface area contributed by atoms with E-state index in [1.807, 2.05) is 0 Å². The smallest absolute Gasteiger partial charge is 0.294 e. The highest BCUT2D eigenvalue weighted by atomic mass is 32.2. The Morgan fingerprint density at radius 1 is 1.48 bits per heavy atom. The first kappa shape index (κ1) is 15.8. The van der Waals surface area contributed by atoms with Crippen LogP contribution in [0.3, 0.4) is 0 Å². The van der Waals surface area contributed by atoms with Crippen LogP contribution in [0.4, 0.5) is 11.4 Å². The molecule has 1 aromatic rings. The first-order valence-electron chi connectivity index (χ1n) is 6.03. The van der Waals surface area contributed by atoms with Crippen molar-refractivity contribution in [2.75, 3.05) is 17.2 Å². The number of nitrogens with zero attached hydrogens (tertiary/aromatic N) is 1. The Morgan fingerprint density at radius 3 is 2.71 bits per heavy atom. The summed E-state index contributed by atoms with van der Waals surface area (Å²) in [6, 6.07) is 3.64. The lowest BCUT2D eigenvalue weighted by Gasteiger charge is -2.19. The van der Waals surface area contributed by atoms with Crippen LogP contribution < -0.4 is 10.6 Å². The molecule has 1 unspecified atom stereocenters. The number of hydrogen-bond acceptors (Lipinski definition) is 6. The van der Waals surface area contributed by atoms with E-state index in [9.17, 15) is 18.0 Å². The number of nitrogens with two attached hydrogens (primary N) is 1. The SMILES string of the molecule is CC(=O)SC1CC(=O)N(c2cc(S(=O)(=O)O)ccc2N)C1. The zero-order chi connectivity index (χ0) is 15.8. The molecule has 21 heavy (non-hydrogen) atoms. The Balaban J connectivity index is 2.34. The molecule has 0 radical (unpaired) electrons. The summed E-state index contributed by atoms with van der Waals surface area (Å²) in [5.74, 6) is -0.243. The second kappa shape index (κ2) is 5.66. The molecule has 0 spiro atoms. The van der Waals surface area contributed by atoms with Crippen molar-refractivity contribution in [3.63, 3.8) is 0 Å². The molecule has 1 aliphatic rings. The van der Waals surface area contributed by atoms with Crippen molar-refractivity contribution in [1.82, 2.24) is 0 Å². The molecule has 0 aromatic heterocycles. The fourth-order valence-electron chi connectivity index (χ4n) is 2.14. The standard InChI is InChI=1S/C12H14N2O5S2/c1-7(15)20-8-4-12(16)14(6-8)11-5-9(21(17,18)19)2-3-10(11)13/h2-3,5,8H,4,6,13H2,1H3,(H,17,18,19). The Labute approximate surface area is 126 Å². The van der Waals surface area contributed by atoms with Gasteiger partial charge in [-0.1, -0.05) is 11.8 Å². The number of thioether (sulfide) groups is 1. The van der Waals surface area contributed by atoms with E-state index in [-0.39, 0.29) is 45.5 Å². The summed E-state index contributed by atoms with van der Waals surface area (Å²) >= 11 is 1.07. The third-order valence-electron chi connectivity index (χ3n) is 3.01. The van der Waals surface area contributed by atoms with Crippen molar-refractivity contribution in [2.24, 2.45) is 0 Å². The largest absolute Gasteiger partial charge is 0.397 e. The Morgan fingerprint density at radius 2 is 2.14 bits per heavy atom. The fourth-order valence-corrected chi connectivity index (χ4v) is 3.56. The van der Waals surface area contributed by atoms with E-state index in [2.05, 4.69) is 0 Å².